The highest BCUT2D eigenvalue weighted by Crippen LogP contribution is 2.36. The first-order valence-corrected chi connectivity index (χ1v) is 15.1. The molecule has 0 amide bonds. The molecule has 0 aliphatic carbocycles. The summed E-state index contributed by atoms with van der Waals surface area (Å²) in [7, 11) is 0. The molecule has 0 bridgehead atoms. The van der Waals surface area contributed by atoms with Crippen molar-refractivity contribution < 1.29 is 0 Å². The minimum atomic E-state index is 0.597. The van der Waals surface area contributed by atoms with Gasteiger partial charge >= 0.3 is 0 Å². The number of hydrogen-bond acceptors (Lipinski definition) is 3. The van der Waals surface area contributed by atoms with Crippen LogP contribution in [0, 0.1) is 0 Å². The van der Waals surface area contributed by atoms with Gasteiger partial charge in [-0.2, -0.15) is 9.97 Å². The molecule has 0 aliphatic rings. The molecule has 0 spiro atoms. The molecular weight excluding hydrogens is 548 g/mol. The number of hydrogen-bond donors (Lipinski definition) is 0. The van der Waals surface area contributed by atoms with Crippen LogP contribution in [0.15, 0.2) is 158 Å². The Bertz CT molecular complexity index is 2530. The fourth-order valence-corrected chi connectivity index (χ4v) is 6.43. The molecule has 9 rings (SSSR count). The van der Waals surface area contributed by atoms with Crippen molar-refractivity contribution in [3.05, 3.63) is 158 Å². The Kier molecular flexibility index (Phi) is 5.78. The smallest absolute Gasteiger partial charge is 0.238 e. The third kappa shape index (κ3) is 4.27. The molecule has 210 valence electrons. The zero-order valence-electron chi connectivity index (χ0n) is 24.3. The first-order chi connectivity index (χ1) is 22.3. The van der Waals surface area contributed by atoms with E-state index in [1.807, 2.05) is 30.3 Å². The molecule has 0 radical (unpaired) electrons. The van der Waals surface area contributed by atoms with Crippen molar-refractivity contribution in [3.63, 3.8) is 0 Å². The first-order valence-electron chi connectivity index (χ1n) is 15.1. The largest absolute Gasteiger partial charge is 0.277 e. The number of para-hydroxylation sites is 1. The number of aromatic nitrogens is 4. The lowest BCUT2D eigenvalue weighted by molar-refractivity contribution is 0.955. The van der Waals surface area contributed by atoms with E-state index in [1.54, 1.807) is 0 Å². The predicted molar refractivity (Wildman–Crippen MR) is 185 cm³/mol. The fraction of sp³-hybridized carbons (Fsp3) is 0. The Morgan fingerprint density at radius 2 is 0.933 bits per heavy atom. The Balaban J connectivity index is 1.26. The molecule has 2 heterocycles. The van der Waals surface area contributed by atoms with E-state index in [2.05, 4.69) is 132 Å². The van der Waals surface area contributed by atoms with Crippen molar-refractivity contribution in [2.75, 3.05) is 0 Å². The molecule has 7 aromatic carbocycles. The molecule has 2 aromatic heterocycles. The fourth-order valence-electron chi connectivity index (χ4n) is 6.43. The second kappa shape index (κ2) is 10.2. The van der Waals surface area contributed by atoms with Crippen LogP contribution in [-0.2, 0) is 0 Å². The average Bonchev–Trinajstić information content (AvgIpc) is 3.47. The average molecular weight is 575 g/mol. The molecule has 45 heavy (non-hydrogen) atoms. The van der Waals surface area contributed by atoms with Crippen molar-refractivity contribution in [3.8, 4) is 39.9 Å². The van der Waals surface area contributed by atoms with E-state index in [-0.39, 0.29) is 0 Å². The second-order valence-electron chi connectivity index (χ2n) is 11.3. The topological polar surface area (TPSA) is 43.6 Å². The van der Waals surface area contributed by atoms with Crippen molar-refractivity contribution in [1.29, 1.82) is 0 Å². The van der Waals surface area contributed by atoms with Gasteiger partial charge in [-0.1, -0.05) is 146 Å². The van der Waals surface area contributed by atoms with Gasteiger partial charge in [0.05, 0.1) is 11.0 Å². The molecule has 4 heteroatoms. The maximum Gasteiger partial charge on any atom is 0.238 e. The summed E-state index contributed by atoms with van der Waals surface area (Å²) >= 11 is 0. The van der Waals surface area contributed by atoms with Crippen LogP contribution >= 0.6 is 0 Å². The number of rotatable bonds is 4. The molecule has 0 aliphatic heterocycles. The number of nitrogens with zero attached hydrogens (tertiary/aromatic N) is 4. The van der Waals surface area contributed by atoms with Gasteiger partial charge in [-0.3, -0.25) is 4.57 Å². The van der Waals surface area contributed by atoms with Crippen molar-refractivity contribution in [1.82, 2.24) is 19.5 Å². The molecular formula is C41H26N4. The van der Waals surface area contributed by atoms with Crippen molar-refractivity contribution in [2.45, 2.75) is 0 Å². The highest BCUT2D eigenvalue weighted by molar-refractivity contribution is 6.18. The lowest BCUT2D eigenvalue weighted by Crippen LogP contribution is -2.06. The molecule has 9 aromatic rings. The lowest BCUT2D eigenvalue weighted by atomic mass is 10.0. The number of fused-ring (bicyclic) bond motifs is 6. The number of benzene rings is 7. The van der Waals surface area contributed by atoms with E-state index >= 15 is 0 Å². The summed E-state index contributed by atoms with van der Waals surface area (Å²) in [4.78, 5) is 15.3. The normalized spacial score (nSPS) is 11.6. The standard InChI is InChI=1S/C41H26N4/c1-2-12-30(13-3-1)39-42-40(31-21-18-28(19-22-31)33-23-20-27-10-4-5-14-32(27)26-33)44-41(43-39)45-37-17-9-8-16-35(37)36-25-24-29-11-6-7-15-34(29)38(36)45/h1-26H. The van der Waals surface area contributed by atoms with Crippen LogP contribution in [0.1, 0.15) is 0 Å². The van der Waals surface area contributed by atoms with Crippen LogP contribution in [-0.4, -0.2) is 19.5 Å². The molecule has 0 saturated carbocycles. The van der Waals surface area contributed by atoms with Gasteiger partial charge < -0.3 is 0 Å². The molecule has 0 unspecified atom stereocenters. The highest BCUT2D eigenvalue weighted by atomic mass is 15.2. The summed E-state index contributed by atoms with van der Waals surface area (Å²) < 4.78 is 2.20. The van der Waals surface area contributed by atoms with Gasteiger partial charge in [-0.15, -0.1) is 0 Å². The van der Waals surface area contributed by atoms with E-state index in [9.17, 15) is 0 Å². The molecule has 0 fully saturated rings. The summed E-state index contributed by atoms with van der Waals surface area (Å²) in [6.45, 7) is 0. The summed E-state index contributed by atoms with van der Waals surface area (Å²) in [5, 5.41) is 7.15. The Labute approximate surface area is 259 Å². The van der Waals surface area contributed by atoms with E-state index in [1.165, 1.54) is 32.5 Å². The lowest BCUT2D eigenvalue weighted by Gasteiger charge is -2.12. The van der Waals surface area contributed by atoms with Gasteiger partial charge in [0.2, 0.25) is 5.95 Å². The maximum absolute atomic E-state index is 5.16. The predicted octanol–water partition coefficient (Wildman–Crippen LogP) is 10.3. The van der Waals surface area contributed by atoms with Gasteiger partial charge in [0.15, 0.2) is 11.6 Å². The van der Waals surface area contributed by atoms with Crippen LogP contribution in [0.2, 0.25) is 0 Å². The highest BCUT2D eigenvalue weighted by Gasteiger charge is 2.19. The minimum absolute atomic E-state index is 0.597. The zero-order chi connectivity index (χ0) is 29.7. The SMILES string of the molecule is c1ccc(-c2nc(-c3ccc(-c4ccc5ccccc5c4)cc3)nc(-n3c4ccccc4c4ccc5ccccc5c43)n2)cc1. The summed E-state index contributed by atoms with van der Waals surface area (Å²) in [6.07, 6.45) is 0. The van der Waals surface area contributed by atoms with Crippen LogP contribution in [0.5, 0.6) is 0 Å². The molecule has 0 saturated heterocycles. The van der Waals surface area contributed by atoms with Crippen molar-refractivity contribution >= 4 is 43.4 Å². The third-order valence-corrected chi connectivity index (χ3v) is 8.64. The van der Waals surface area contributed by atoms with Gasteiger partial charge in [0.1, 0.15) is 0 Å². The van der Waals surface area contributed by atoms with E-state index in [0.29, 0.717) is 17.6 Å². The summed E-state index contributed by atoms with van der Waals surface area (Å²) in [5.74, 6) is 1.87. The third-order valence-electron chi connectivity index (χ3n) is 8.64. The van der Waals surface area contributed by atoms with Gasteiger partial charge in [0.25, 0.3) is 0 Å². The summed E-state index contributed by atoms with van der Waals surface area (Å²) in [6, 6.07) is 55.1. The van der Waals surface area contributed by atoms with E-state index in [0.717, 1.165) is 33.1 Å². The quantitative estimate of drug-likeness (QED) is 0.210. The Hall–Kier alpha value is -6.13. The van der Waals surface area contributed by atoms with Crippen LogP contribution in [0.3, 0.4) is 0 Å². The van der Waals surface area contributed by atoms with Gasteiger partial charge in [-0.25, -0.2) is 4.98 Å². The first kappa shape index (κ1) is 25.4. The van der Waals surface area contributed by atoms with Gasteiger partial charge in [0, 0.05) is 27.3 Å². The van der Waals surface area contributed by atoms with E-state index < -0.39 is 0 Å². The summed E-state index contributed by atoms with van der Waals surface area (Å²) in [5.41, 5.74) is 6.37. The van der Waals surface area contributed by atoms with Gasteiger partial charge in [-0.05, 0) is 39.4 Å². The molecule has 0 atom stereocenters. The van der Waals surface area contributed by atoms with Crippen molar-refractivity contribution in [2.24, 2.45) is 0 Å². The zero-order valence-corrected chi connectivity index (χ0v) is 24.3. The van der Waals surface area contributed by atoms with Crippen LogP contribution in [0.4, 0.5) is 0 Å². The Morgan fingerprint density at radius 1 is 0.356 bits per heavy atom. The second-order valence-corrected chi connectivity index (χ2v) is 11.3. The maximum atomic E-state index is 5.16. The molecule has 0 N–H and O–H groups in total. The van der Waals surface area contributed by atoms with Crippen LogP contribution in [0.25, 0.3) is 83.2 Å². The minimum Gasteiger partial charge on any atom is -0.277 e. The van der Waals surface area contributed by atoms with Crippen LogP contribution < -0.4 is 0 Å². The molecule has 4 nitrogen and oxygen atoms in total. The monoisotopic (exact) mass is 574 g/mol. The van der Waals surface area contributed by atoms with E-state index in [4.69, 9.17) is 15.0 Å². The Morgan fingerprint density at radius 3 is 1.73 bits per heavy atom.